The minimum Gasteiger partial charge on any atom is -0.282 e. The maximum Gasteiger partial charge on any atom is 0.0625 e. The molecule has 13 heavy (non-hydrogen) atoms. The van der Waals surface area contributed by atoms with Gasteiger partial charge in [0.25, 0.3) is 0 Å². The lowest BCUT2D eigenvalue weighted by atomic mass is 9.88. The maximum absolute atomic E-state index is 8.48. The molecule has 0 spiro atoms. The molecule has 1 aromatic heterocycles. The number of nitriles is 1. The lowest BCUT2D eigenvalue weighted by Crippen LogP contribution is -2.14. The second-order valence-electron chi connectivity index (χ2n) is 4.18. The van der Waals surface area contributed by atoms with Crippen LogP contribution in [0.2, 0.25) is 0 Å². The number of rotatable bonds is 2. The fourth-order valence-corrected chi connectivity index (χ4v) is 1.34. The van der Waals surface area contributed by atoms with Gasteiger partial charge in [-0.05, 0) is 12.0 Å². The molecule has 0 unspecified atom stereocenters. The summed E-state index contributed by atoms with van der Waals surface area (Å²) in [5.74, 6) is 0. The molecule has 3 heteroatoms. The van der Waals surface area contributed by atoms with Gasteiger partial charge in [-0.25, -0.2) is 0 Å². The van der Waals surface area contributed by atoms with E-state index in [0.717, 1.165) is 17.7 Å². The molecule has 0 aromatic carbocycles. The van der Waals surface area contributed by atoms with E-state index in [2.05, 4.69) is 37.0 Å². The molecule has 0 aliphatic rings. The molecule has 0 radical (unpaired) electrons. The number of aromatic amines is 1. The fraction of sp³-hybridized carbons (Fsp3) is 0.600. The Kier molecular flexibility index (Phi) is 2.72. The van der Waals surface area contributed by atoms with Gasteiger partial charge in [-0.2, -0.15) is 10.4 Å². The highest BCUT2D eigenvalue weighted by molar-refractivity contribution is 5.23. The van der Waals surface area contributed by atoms with Crippen LogP contribution in [0, 0.1) is 11.3 Å². The average molecular weight is 177 g/mol. The first-order chi connectivity index (χ1) is 6.05. The highest BCUT2D eigenvalue weighted by Crippen LogP contribution is 2.23. The van der Waals surface area contributed by atoms with Crippen LogP contribution in [0.25, 0.3) is 0 Å². The summed E-state index contributed by atoms with van der Waals surface area (Å²) in [5.41, 5.74) is 2.39. The van der Waals surface area contributed by atoms with Gasteiger partial charge in [0, 0.05) is 17.5 Å². The molecule has 1 heterocycles. The maximum atomic E-state index is 8.48. The van der Waals surface area contributed by atoms with E-state index in [0.29, 0.717) is 6.42 Å². The first-order valence-corrected chi connectivity index (χ1v) is 4.45. The molecule has 0 bridgehead atoms. The third kappa shape index (κ3) is 2.32. The predicted octanol–water partition coefficient (Wildman–Crippen LogP) is 2.16. The highest BCUT2D eigenvalue weighted by Gasteiger charge is 2.19. The quantitative estimate of drug-likeness (QED) is 0.752. The van der Waals surface area contributed by atoms with Crippen LogP contribution >= 0.6 is 0 Å². The zero-order valence-corrected chi connectivity index (χ0v) is 8.39. The van der Waals surface area contributed by atoms with E-state index in [1.54, 1.807) is 0 Å². The molecule has 0 amide bonds. The molecular formula is C10H15N3. The van der Waals surface area contributed by atoms with Crippen molar-refractivity contribution in [2.45, 2.75) is 39.0 Å². The summed E-state index contributed by atoms with van der Waals surface area (Å²) in [5, 5.41) is 15.5. The molecular weight excluding hydrogens is 162 g/mol. The lowest BCUT2D eigenvalue weighted by Gasteiger charge is -2.17. The zero-order chi connectivity index (χ0) is 9.90. The number of hydrogen-bond acceptors (Lipinski definition) is 2. The Labute approximate surface area is 78.8 Å². The van der Waals surface area contributed by atoms with Crippen LogP contribution < -0.4 is 0 Å². The molecule has 0 atom stereocenters. The van der Waals surface area contributed by atoms with Crippen LogP contribution in [0.5, 0.6) is 0 Å². The number of hydrogen-bond donors (Lipinski definition) is 1. The molecule has 1 aromatic rings. The molecule has 0 saturated heterocycles. The van der Waals surface area contributed by atoms with Crippen molar-refractivity contribution in [3.8, 4) is 6.07 Å². The third-order valence-electron chi connectivity index (χ3n) is 1.97. The Morgan fingerprint density at radius 1 is 1.54 bits per heavy atom. The van der Waals surface area contributed by atoms with Gasteiger partial charge in [0.2, 0.25) is 0 Å². The highest BCUT2D eigenvalue weighted by atomic mass is 15.1. The monoisotopic (exact) mass is 177 g/mol. The molecule has 0 saturated carbocycles. The Morgan fingerprint density at radius 2 is 2.23 bits per heavy atom. The molecule has 1 N–H and O–H groups in total. The largest absolute Gasteiger partial charge is 0.282 e. The Balaban J connectivity index is 2.85. The summed E-state index contributed by atoms with van der Waals surface area (Å²) in [6.45, 7) is 6.41. The average Bonchev–Trinajstić information content (AvgIpc) is 2.47. The van der Waals surface area contributed by atoms with Gasteiger partial charge >= 0.3 is 0 Å². The smallest absolute Gasteiger partial charge is 0.0625 e. The van der Waals surface area contributed by atoms with Crippen LogP contribution in [-0.4, -0.2) is 10.2 Å². The van der Waals surface area contributed by atoms with Gasteiger partial charge < -0.3 is 0 Å². The van der Waals surface area contributed by atoms with E-state index in [4.69, 9.17) is 5.26 Å². The first kappa shape index (κ1) is 9.79. The molecule has 1 rings (SSSR count). The molecule has 3 nitrogen and oxygen atoms in total. The van der Waals surface area contributed by atoms with Crippen LogP contribution in [-0.2, 0) is 11.8 Å². The van der Waals surface area contributed by atoms with E-state index in [9.17, 15) is 0 Å². The van der Waals surface area contributed by atoms with Crippen molar-refractivity contribution in [1.82, 2.24) is 10.2 Å². The SMILES string of the molecule is CC(C)(C)c1[nH]ncc1CCC#N. The summed E-state index contributed by atoms with van der Waals surface area (Å²) in [6, 6.07) is 2.14. The van der Waals surface area contributed by atoms with Crippen molar-refractivity contribution in [2.75, 3.05) is 0 Å². The van der Waals surface area contributed by atoms with Gasteiger partial charge in [-0.3, -0.25) is 5.10 Å². The summed E-state index contributed by atoms with van der Waals surface area (Å²) in [6.07, 6.45) is 3.17. The minimum atomic E-state index is 0.0846. The molecule has 0 aliphatic carbocycles. The fourth-order valence-electron chi connectivity index (χ4n) is 1.34. The topological polar surface area (TPSA) is 52.5 Å². The number of aromatic nitrogens is 2. The molecule has 0 aliphatic heterocycles. The van der Waals surface area contributed by atoms with Crippen LogP contribution in [0.3, 0.4) is 0 Å². The van der Waals surface area contributed by atoms with Gasteiger partial charge in [0.1, 0.15) is 0 Å². The normalized spacial score (nSPS) is 11.2. The van der Waals surface area contributed by atoms with Crippen molar-refractivity contribution in [2.24, 2.45) is 0 Å². The Hall–Kier alpha value is -1.30. The third-order valence-corrected chi connectivity index (χ3v) is 1.97. The Morgan fingerprint density at radius 3 is 2.77 bits per heavy atom. The summed E-state index contributed by atoms with van der Waals surface area (Å²) < 4.78 is 0. The van der Waals surface area contributed by atoms with Crippen molar-refractivity contribution in [1.29, 1.82) is 5.26 Å². The predicted molar refractivity (Wildman–Crippen MR) is 51.2 cm³/mol. The molecule has 70 valence electrons. The number of nitrogens with one attached hydrogen (secondary N) is 1. The first-order valence-electron chi connectivity index (χ1n) is 4.45. The van der Waals surface area contributed by atoms with Gasteiger partial charge in [0.05, 0.1) is 12.3 Å². The second kappa shape index (κ2) is 3.61. The second-order valence-corrected chi connectivity index (χ2v) is 4.18. The molecule has 0 fully saturated rings. The van der Waals surface area contributed by atoms with E-state index in [-0.39, 0.29) is 5.41 Å². The Bertz CT molecular complexity index is 312. The van der Waals surface area contributed by atoms with Gasteiger partial charge in [-0.15, -0.1) is 0 Å². The minimum absolute atomic E-state index is 0.0846. The number of aryl methyl sites for hydroxylation is 1. The zero-order valence-electron chi connectivity index (χ0n) is 8.39. The van der Waals surface area contributed by atoms with Crippen LogP contribution in [0.15, 0.2) is 6.20 Å². The van der Waals surface area contributed by atoms with Gasteiger partial charge in [-0.1, -0.05) is 20.8 Å². The van der Waals surface area contributed by atoms with Gasteiger partial charge in [0.15, 0.2) is 0 Å². The van der Waals surface area contributed by atoms with E-state index >= 15 is 0 Å². The van der Waals surface area contributed by atoms with E-state index in [1.165, 1.54) is 0 Å². The summed E-state index contributed by atoms with van der Waals surface area (Å²) >= 11 is 0. The van der Waals surface area contributed by atoms with E-state index in [1.807, 2.05) is 6.20 Å². The van der Waals surface area contributed by atoms with Crippen molar-refractivity contribution in [3.05, 3.63) is 17.5 Å². The summed E-state index contributed by atoms with van der Waals surface area (Å²) in [4.78, 5) is 0. The lowest BCUT2D eigenvalue weighted by molar-refractivity contribution is 0.560. The number of nitrogens with zero attached hydrogens (tertiary/aromatic N) is 2. The summed E-state index contributed by atoms with van der Waals surface area (Å²) in [7, 11) is 0. The van der Waals surface area contributed by atoms with E-state index < -0.39 is 0 Å². The number of H-pyrrole nitrogens is 1. The van der Waals surface area contributed by atoms with Crippen LogP contribution in [0.1, 0.15) is 38.4 Å². The van der Waals surface area contributed by atoms with Crippen molar-refractivity contribution < 1.29 is 0 Å². The van der Waals surface area contributed by atoms with Crippen molar-refractivity contribution >= 4 is 0 Å². The van der Waals surface area contributed by atoms with Crippen molar-refractivity contribution in [3.63, 3.8) is 0 Å². The van der Waals surface area contributed by atoms with Crippen LogP contribution in [0.4, 0.5) is 0 Å². The standard InChI is InChI=1S/C10H15N3/c1-10(2,3)9-8(5-4-6-11)7-12-13-9/h7H,4-5H2,1-3H3,(H,12,13).